The minimum Gasteiger partial charge on any atom is -0.341 e. The van der Waals surface area contributed by atoms with Crippen LogP contribution in [-0.4, -0.2) is 25.8 Å². The molecule has 1 N–H and O–H groups in total. The summed E-state index contributed by atoms with van der Waals surface area (Å²) in [6, 6.07) is 16.0. The Morgan fingerprint density at radius 1 is 1.19 bits per heavy atom. The summed E-state index contributed by atoms with van der Waals surface area (Å²) in [5, 5.41) is 11.6. The molecule has 0 aliphatic heterocycles. The number of amides is 1. The van der Waals surface area contributed by atoms with E-state index in [-0.39, 0.29) is 17.8 Å². The van der Waals surface area contributed by atoms with Crippen molar-refractivity contribution in [3.05, 3.63) is 81.9 Å². The number of aryl methyl sites for hydroxylation is 2. The van der Waals surface area contributed by atoms with Crippen molar-refractivity contribution >= 4 is 21.8 Å². The Kier molecular flexibility index (Phi) is 5.15. The molecule has 1 amide bonds. The fraction of sp³-hybridized carbons (Fsp3) is 0.217. The molecule has 0 saturated heterocycles. The molecule has 2 aromatic heterocycles. The first-order valence-electron chi connectivity index (χ1n) is 10.1. The summed E-state index contributed by atoms with van der Waals surface area (Å²) in [5.74, 6) is -0.0673. The standard InChI is InChI=1S/C23H20BrN5O2/c1-14-19(13-29(27-14)17-11-9-16(24)10-12-17)21-26-23(31-28-21)22(30)25-20-8-4-6-15-5-2-3-7-18(15)20/h2-3,5,7,9-13,20H,4,6,8H2,1H3,(H,25,30)/t20-/m0/s1. The number of aromatic nitrogens is 4. The summed E-state index contributed by atoms with van der Waals surface area (Å²) in [6.45, 7) is 1.87. The molecule has 0 radical (unpaired) electrons. The van der Waals surface area contributed by atoms with Crippen LogP contribution in [0.25, 0.3) is 17.1 Å². The van der Waals surface area contributed by atoms with Crippen molar-refractivity contribution in [2.24, 2.45) is 0 Å². The molecule has 2 heterocycles. The second-order valence-corrected chi connectivity index (χ2v) is 8.51. The van der Waals surface area contributed by atoms with Gasteiger partial charge in [0.05, 0.1) is 23.0 Å². The molecule has 0 spiro atoms. The van der Waals surface area contributed by atoms with Gasteiger partial charge in [0.1, 0.15) is 0 Å². The van der Waals surface area contributed by atoms with Crippen LogP contribution in [-0.2, 0) is 6.42 Å². The molecule has 0 fully saturated rings. The maximum atomic E-state index is 12.8. The quantitative estimate of drug-likeness (QED) is 0.456. The molecule has 0 bridgehead atoms. The Morgan fingerprint density at radius 3 is 2.84 bits per heavy atom. The van der Waals surface area contributed by atoms with Crippen molar-refractivity contribution in [3.8, 4) is 17.1 Å². The minimum atomic E-state index is -0.363. The summed E-state index contributed by atoms with van der Waals surface area (Å²) >= 11 is 3.44. The molecule has 1 atom stereocenters. The van der Waals surface area contributed by atoms with Gasteiger partial charge in [0.25, 0.3) is 0 Å². The molecule has 0 saturated carbocycles. The lowest BCUT2D eigenvalue weighted by atomic mass is 9.88. The summed E-state index contributed by atoms with van der Waals surface area (Å²) in [6.07, 6.45) is 4.80. The van der Waals surface area contributed by atoms with Crippen molar-refractivity contribution in [1.29, 1.82) is 0 Å². The minimum absolute atomic E-state index is 0.0466. The normalized spacial score (nSPS) is 15.5. The highest BCUT2D eigenvalue weighted by atomic mass is 79.9. The van der Waals surface area contributed by atoms with E-state index in [1.165, 1.54) is 5.56 Å². The molecule has 8 heteroatoms. The van der Waals surface area contributed by atoms with Gasteiger partial charge in [-0.2, -0.15) is 10.1 Å². The van der Waals surface area contributed by atoms with E-state index in [0.717, 1.165) is 40.7 Å². The molecule has 2 aromatic carbocycles. The molecule has 0 unspecified atom stereocenters. The first kappa shape index (κ1) is 19.7. The molecule has 1 aliphatic carbocycles. The van der Waals surface area contributed by atoms with Crippen LogP contribution in [0.2, 0.25) is 0 Å². The van der Waals surface area contributed by atoms with Gasteiger partial charge in [-0.1, -0.05) is 45.4 Å². The summed E-state index contributed by atoms with van der Waals surface area (Å²) < 4.78 is 8.03. The van der Waals surface area contributed by atoms with E-state index in [4.69, 9.17) is 4.52 Å². The van der Waals surface area contributed by atoms with Crippen LogP contribution in [0.1, 0.15) is 46.4 Å². The molecule has 31 heavy (non-hydrogen) atoms. The summed E-state index contributed by atoms with van der Waals surface area (Å²) in [4.78, 5) is 17.1. The topological polar surface area (TPSA) is 85.8 Å². The zero-order chi connectivity index (χ0) is 21.4. The van der Waals surface area contributed by atoms with Gasteiger partial charge in [0.15, 0.2) is 0 Å². The number of hydrogen-bond donors (Lipinski definition) is 1. The van der Waals surface area contributed by atoms with Gasteiger partial charge in [-0.25, -0.2) is 4.68 Å². The second kappa shape index (κ2) is 8.11. The fourth-order valence-electron chi connectivity index (χ4n) is 3.95. The molecule has 7 nitrogen and oxygen atoms in total. The van der Waals surface area contributed by atoms with Gasteiger partial charge < -0.3 is 9.84 Å². The molecule has 1 aliphatic rings. The second-order valence-electron chi connectivity index (χ2n) is 7.59. The Bertz CT molecular complexity index is 1250. The van der Waals surface area contributed by atoms with Crippen LogP contribution in [0, 0.1) is 6.92 Å². The number of benzene rings is 2. The van der Waals surface area contributed by atoms with Crippen LogP contribution < -0.4 is 5.32 Å². The van der Waals surface area contributed by atoms with E-state index in [1.54, 1.807) is 4.68 Å². The van der Waals surface area contributed by atoms with Gasteiger partial charge in [0.2, 0.25) is 5.82 Å². The molecular formula is C23H20BrN5O2. The lowest BCUT2D eigenvalue weighted by molar-refractivity contribution is 0.0888. The molecule has 5 rings (SSSR count). The average molecular weight is 478 g/mol. The zero-order valence-electron chi connectivity index (χ0n) is 16.9. The Hall–Kier alpha value is -3.26. The van der Waals surface area contributed by atoms with E-state index in [9.17, 15) is 4.79 Å². The van der Waals surface area contributed by atoms with Gasteiger partial charge in [-0.05, 0) is 61.6 Å². The van der Waals surface area contributed by atoms with Crippen molar-refractivity contribution in [2.75, 3.05) is 0 Å². The van der Waals surface area contributed by atoms with E-state index in [0.29, 0.717) is 11.4 Å². The number of fused-ring (bicyclic) bond motifs is 1. The SMILES string of the molecule is Cc1nn(-c2ccc(Br)cc2)cc1-c1noc(C(=O)N[C@H]2CCCc3ccccc32)n1. The van der Waals surface area contributed by atoms with Crippen LogP contribution >= 0.6 is 15.9 Å². The maximum Gasteiger partial charge on any atom is 0.316 e. The van der Waals surface area contributed by atoms with Crippen LogP contribution in [0.15, 0.2) is 63.7 Å². The lowest BCUT2D eigenvalue weighted by Gasteiger charge is -2.25. The highest BCUT2D eigenvalue weighted by Gasteiger charge is 2.25. The number of hydrogen-bond acceptors (Lipinski definition) is 5. The smallest absolute Gasteiger partial charge is 0.316 e. The third-order valence-electron chi connectivity index (χ3n) is 5.53. The Balaban J connectivity index is 1.36. The number of rotatable bonds is 4. The average Bonchev–Trinajstić information content (AvgIpc) is 3.41. The number of carbonyl (C=O) groups is 1. The Labute approximate surface area is 187 Å². The third-order valence-corrected chi connectivity index (χ3v) is 6.05. The van der Waals surface area contributed by atoms with Gasteiger partial charge >= 0.3 is 11.8 Å². The maximum absolute atomic E-state index is 12.8. The highest BCUT2D eigenvalue weighted by Crippen LogP contribution is 2.30. The monoisotopic (exact) mass is 477 g/mol. The van der Waals surface area contributed by atoms with E-state index in [1.807, 2.05) is 49.5 Å². The number of carbonyl (C=O) groups excluding carboxylic acids is 1. The van der Waals surface area contributed by atoms with Crippen molar-refractivity contribution in [3.63, 3.8) is 0 Å². The Morgan fingerprint density at radius 2 is 2.00 bits per heavy atom. The largest absolute Gasteiger partial charge is 0.341 e. The first-order valence-corrected chi connectivity index (χ1v) is 10.9. The highest BCUT2D eigenvalue weighted by molar-refractivity contribution is 9.10. The molecular weight excluding hydrogens is 458 g/mol. The lowest BCUT2D eigenvalue weighted by Crippen LogP contribution is -2.31. The van der Waals surface area contributed by atoms with E-state index >= 15 is 0 Å². The van der Waals surface area contributed by atoms with Gasteiger partial charge in [0, 0.05) is 10.7 Å². The van der Waals surface area contributed by atoms with Crippen LogP contribution in [0.3, 0.4) is 0 Å². The predicted octanol–water partition coefficient (Wildman–Crippen LogP) is 4.80. The van der Waals surface area contributed by atoms with Gasteiger partial charge in [-0.3, -0.25) is 4.79 Å². The van der Waals surface area contributed by atoms with Crippen molar-refractivity contribution in [2.45, 2.75) is 32.2 Å². The van der Waals surface area contributed by atoms with Crippen molar-refractivity contribution in [1.82, 2.24) is 25.2 Å². The van der Waals surface area contributed by atoms with Crippen molar-refractivity contribution < 1.29 is 9.32 Å². The molecule has 156 valence electrons. The van der Waals surface area contributed by atoms with E-state index in [2.05, 4.69) is 48.6 Å². The number of nitrogens with zero attached hydrogens (tertiary/aromatic N) is 4. The van der Waals surface area contributed by atoms with E-state index < -0.39 is 0 Å². The predicted molar refractivity (Wildman–Crippen MR) is 119 cm³/mol. The number of nitrogens with one attached hydrogen (secondary N) is 1. The van der Waals surface area contributed by atoms with Crippen LogP contribution in [0.4, 0.5) is 0 Å². The molecule has 4 aromatic rings. The fourth-order valence-corrected chi connectivity index (χ4v) is 4.22. The third kappa shape index (κ3) is 3.90. The first-order chi connectivity index (χ1) is 15.1. The zero-order valence-corrected chi connectivity index (χ0v) is 18.5. The van der Waals surface area contributed by atoms with Crippen LogP contribution in [0.5, 0.6) is 0 Å². The van der Waals surface area contributed by atoms with Gasteiger partial charge in [-0.15, -0.1) is 0 Å². The summed E-state index contributed by atoms with van der Waals surface area (Å²) in [5.41, 5.74) is 4.82. The number of halogens is 1. The summed E-state index contributed by atoms with van der Waals surface area (Å²) in [7, 11) is 0.